The third-order valence-corrected chi connectivity index (χ3v) is 5.34. The van der Waals surface area contributed by atoms with Crippen LogP contribution in [-0.4, -0.2) is 20.5 Å². The lowest BCUT2D eigenvalue weighted by atomic mass is 10.2. The second-order valence-corrected chi connectivity index (χ2v) is 7.64. The molecule has 140 valence electrons. The first-order chi connectivity index (χ1) is 13.5. The summed E-state index contributed by atoms with van der Waals surface area (Å²) >= 11 is 7.16. The van der Waals surface area contributed by atoms with E-state index in [2.05, 4.69) is 15.4 Å². The van der Waals surface area contributed by atoms with Crippen molar-refractivity contribution in [3.63, 3.8) is 0 Å². The number of halogens is 1. The fourth-order valence-electron chi connectivity index (χ4n) is 2.63. The number of fused-ring (bicyclic) bond motifs is 1. The van der Waals surface area contributed by atoms with Gasteiger partial charge >= 0.3 is 0 Å². The topological polar surface area (TPSA) is 76.4 Å². The van der Waals surface area contributed by atoms with Crippen LogP contribution < -0.4 is 10.9 Å². The molecule has 0 aliphatic carbocycles. The molecule has 4 aromatic rings. The fourth-order valence-corrected chi connectivity index (χ4v) is 3.69. The first-order valence-electron chi connectivity index (χ1n) is 8.50. The SMILES string of the molecule is Cc1ccc(-c2nn3c(=O)cc(CNC(=O)c4ccc(Cl)cc4)nc3s2)cc1. The van der Waals surface area contributed by atoms with E-state index < -0.39 is 0 Å². The highest BCUT2D eigenvalue weighted by molar-refractivity contribution is 7.19. The molecule has 0 saturated heterocycles. The monoisotopic (exact) mass is 410 g/mol. The van der Waals surface area contributed by atoms with Crippen molar-refractivity contribution in [2.75, 3.05) is 0 Å². The molecule has 2 heterocycles. The molecule has 0 fully saturated rings. The molecule has 0 radical (unpaired) electrons. The van der Waals surface area contributed by atoms with Crippen molar-refractivity contribution in [2.24, 2.45) is 0 Å². The van der Waals surface area contributed by atoms with Gasteiger partial charge in [0.1, 0.15) is 5.01 Å². The van der Waals surface area contributed by atoms with Crippen LogP contribution in [0.2, 0.25) is 5.02 Å². The van der Waals surface area contributed by atoms with Crippen molar-refractivity contribution in [3.8, 4) is 10.6 Å². The quantitative estimate of drug-likeness (QED) is 0.556. The van der Waals surface area contributed by atoms with Crippen LogP contribution in [0.15, 0.2) is 59.4 Å². The molecule has 4 rings (SSSR count). The molecule has 0 atom stereocenters. The molecule has 0 unspecified atom stereocenters. The fraction of sp³-hybridized carbons (Fsp3) is 0.100. The zero-order valence-electron chi connectivity index (χ0n) is 14.8. The number of aryl methyl sites for hydroxylation is 1. The van der Waals surface area contributed by atoms with E-state index in [1.165, 1.54) is 21.9 Å². The Labute approximate surface area is 169 Å². The molecule has 0 bridgehead atoms. The highest BCUT2D eigenvalue weighted by atomic mass is 35.5. The van der Waals surface area contributed by atoms with Gasteiger partial charge in [0, 0.05) is 22.2 Å². The maximum Gasteiger partial charge on any atom is 0.275 e. The van der Waals surface area contributed by atoms with Gasteiger partial charge in [0.05, 0.1) is 12.2 Å². The Morgan fingerprint density at radius 3 is 2.57 bits per heavy atom. The van der Waals surface area contributed by atoms with Gasteiger partial charge in [0.25, 0.3) is 11.5 Å². The molecular formula is C20H15ClN4O2S. The molecular weight excluding hydrogens is 396 g/mol. The zero-order chi connectivity index (χ0) is 19.7. The highest BCUT2D eigenvalue weighted by Crippen LogP contribution is 2.24. The number of rotatable bonds is 4. The van der Waals surface area contributed by atoms with Gasteiger partial charge in [0.15, 0.2) is 0 Å². The van der Waals surface area contributed by atoms with Crippen LogP contribution in [-0.2, 0) is 6.54 Å². The molecule has 0 spiro atoms. The Kier molecular flexibility index (Phi) is 4.93. The van der Waals surface area contributed by atoms with Gasteiger partial charge in [-0.15, -0.1) is 0 Å². The van der Waals surface area contributed by atoms with Gasteiger partial charge in [0.2, 0.25) is 4.96 Å². The lowest BCUT2D eigenvalue weighted by Gasteiger charge is -2.04. The number of nitrogens with zero attached hydrogens (tertiary/aromatic N) is 3. The average Bonchev–Trinajstić information content (AvgIpc) is 3.12. The van der Waals surface area contributed by atoms with Crippen molar-refractivity contribution < 1.29 is 4.79 Å². The summed E-state index contributed by atoms with van der Waals surface area (Å²) in [6, 6.07) is 15.9. The maximum atomic E-state index is 12.4. The number of nitrogens with one attached hydrogen (secondary N) is 1. The van der Waals surface area contributed by atoms with E-state index in [0.29, 0.717) is 26.2 Å². The molecule has 0 aliphatic heterocycles. The Hall–Kier alpha value is -3.03. The van der Waals surface area contributed by atoms with Crippen molar-refractivity contribution in [1.82, 2.24) is 19.9 Å². The minimum absolute atomic E-state index is 0.144. The number of aromatic nitrogens is 3. The Bertz CT molecular complexity index is 1210. The molecule has 1 N–H and O–H groups in total. The summed E-state index contributed by atoms with van der Waals surface area (Å²) in [5.74, 6) is -0.261. The largest absolute Gasteiger partial charge is 0.346 e. The van der Waals surface area contributed by atoms with Gasteiger partial charge in [-0.1, -0.05) is 52.8 Å². The molecule has 0 aliphatic rings. The van der Waals surface area contributed by atoms with E-state index in [9.17, 15) is 9.59 Å². The van der Waals surface area contributed by atoms with Crippen LogP contribution in [0.25, 0.3) is 15.5 Å². The van der Waals surface area contributed by atoms with E-state index >= 15 is 0 Å². The second-order valence-electron chi connectivity index (χ2n) is 6.24. The number of carbonyl (C=O) groups excluding carboxylic acids is 1. The van der Waals surface area contributed by atoms with Crippen molar-refractivity contribution in [2.45, 2.75) is 13.5 Å². The third-order valence-electron chi connectivity index (χ3n) is 4.13. The normalized spacial score (nSPS) is 10.9. The van der Waals surface area contributed by atoms with Crippen LogP contribution in [0, 0.1) is 6.92 Å². The first kappa shape index (κ1) is 18.3. The number of benzene rings is 2. The van der Waals surface area contributed by atoms with Gasteiger partial charge in [-0.3, -0.25) is 9.59 Å². The minimum atomic E-state index is -0.282. The van der Waals surface area contributed by atoms with E-state index in [0.717, 1.165) is 11.1 Å². The van der Waals surface area contributed by atoms with E-state index in [4.69, 9.17) is 11.6 Å². The molecule has 8 heteroatoms. The van der Waals surface area contributed by atoms with E-state index in [-0.39, 0.29) is 18.0 Å². The summed E-state index contributed by atoms with van der Waals surface area (Å²) in [7, 11) is 0. The molecule has 6 nitrogen and oxygen atoms in total. The Balaban J connectivity index is 1.56. The second kappa shape index (κ2) is 7.53. The molecule has 1 amide bonds. The molecule has 28 heavy (non-hydrogen) atoms. The number of hydrogen-bond donors (Lipinski definition) is 1. The highest BCUT2D eigenvalue weighted by Gasteiger charge is 2.12. The number of amides is 1. The summed E-state index contributed by atoms with van der Waals surface area (Å²) in [4.78, 5) is 29.6. The average molecular weight is 411 g/mol. The lowest BCUT2D eigenvalue weighted by molar-refractivity contribution is 0.0950. The summed E-state index contributed by atoms with van der Waals surface area (Å²) in [6.45, 7) is 2.16. The third kappa shape index (κ3) is 3.81. The maximum absolute atomic E-state index is 12.4. The van der Waals surface area contributed by atoms with Gasteiger partial charge < -0.3 is 5.32 Å². The van der Waals surface area contributed by atoms with Crippen LogP contribution in [0.3, 0.4) is 0 Å². The van der Waals surface area contributed by atoms with Gasteiger partial charge in [-0.2, -0.15) is 9.61 Å². The Morgan fingerprint density at radius 1 is 1.14 bits per heavy atom. The lowest BCUT2D eigenvalue weighted by Crippen LogP contribution is -2.25. The zero-order valence-corrected chi connectivity index (χ0v) is 16.4. The molecule has 0 saturated carbocycles. The number of carbonyl (C=O) groups is 1. The molecule has 2 aromatic carbocycles. The van der Waals surface area contributed by atoms with Gasteiger partial charge in [-0.05, 0) is 31.2 Å². The van der Waals surface area contributed by atoms with Crippen LogP contribution in [0.1, 0.15) is 21.6 Å². The smallest absolute Gasteiger partial charge is 0.275 e. The van der Waals surface area contributed by atoms with E-state index in [1.807, 2.05) is 31.2 Å². The summed E-state index contributed by atoms with van der Waals surface area (Å²) in [6.07, 6.45) is 0. The predicted octanol–water partition coefficient (Wildman–Crippen LogP) is 3.71. The van der Waals surface area contributed by atoms with Gasteiger partial charge in [-0.25, -0.2) is 4.98 Å². The van der Waals surface area contributed by atoms with Crippen LogP contribution in [0.4, 0.5) is 0 Å². The summed E-state index contributed by atoms with van der Waals surface area (Å²) < 4.78 is 1.28. The van der Waals surface area contributed by atoms with Crippen molar-refractivity contribution >= 4 is 33.8 Å². The first-order valence-corrected chi connectivity index (χ1v) is 9.70. The van der Waals surface area contributed by atoms with Crippen LogP contribution in [0.5, 0.6) is 0 Å². The van der Waals surface area contributed by atoms with Crippen molar-refractivity contribution in [1.29, 1.82) is 0 Å². The predicted molar refractivity (Wildman–Crippen MR) is 110 cm³/mol. The Morgan fingerprint density at radius 2 is 1.86 bits per heavy atom. The minimum Gasteiger partial charge on any atom is -0.346 e. The standard InChI is InChI=1S/C20H15ClN4O2S/c1-12-2-4-14(5-3-12)19-24-25-17(26)10-16(23-20(25)28-19)11-22-18(27)13-6-8-15(21)9-7-13/h2-10H,11H2,1H3,(H,22,27). The summed E-state index contributed by atoms with van der Waals surface area (Å²) in [5, 5.41) is 8.40. The molecule has 2 aromatic heterocycles. The van der Waals surface area contributed by atoms with Crippen molar-refractivity contribution in [3.05, 3.63) is 86.8 Å². The van der Waals surface area contributed by atoms with Crippen LogP contribution >= 0.6 is 22.9 Å². The van der Waals surface area contributed by atoms with E-state index in [1.54, 1.807) is 24.3 Å². The number of hydrogen-bond acceptors (Lipinski definition) is 5. The summed E-state index contributed by atoms with van der Waals surface area (Å²) in [5.41, 5.74) is 2.76.